The Morgan fingerprint density at radius 3 is 1.55 bits per heavy atom. The van der Waals surface area contributed by atoms with Gasteiger partial charge in [-0.3, -0.25) is 34.1 Å². The van der Waals surface area contributed by atoms with Gasteiger partial charge in [0.1, 0.15) is 36.0 Å². The lowest BCUT2D eigenvalue weighted by molar-refractivity contribution is -0.136. The summed E-state index contributed by atoms with van der Waals surface area (Å²) in [6.07, 6.45) is 0.260. The highest BCUT2D eigenvalue weighted by molar-refractivity contribution is 8.00. The van der Waals surface area contributed by atoms with E-state index in [0.717, 1.165) is 0 Å². The van der Waals surface area contributed by atoms with Crippen LogP contribution in [0.1, 0.15) is 81.2 Å². The van der Waals surface area contributed by atoms with Crippen molar-refractivity contribution in [3.8, 4) is 5.75 Å². The van der Waals surface area contributed by atoms with Crippen molar-refractivity contribution in [3.05, 3.63) is 29.8 Å². The topological polar surface area (TPSA) is 207 Å². The SMILES string of the molecule is CC(C)C[C@H]1NC(=O)[C@H](Cc2ccc(O)cc2)NC(=O)[C@@H](C(C)C)NC(=O)[C@@H]2CSC(N2)[C@H](C(C)C)NC(=O)[C@@H](C(C)C)NC(=O)[C@H](C(C)C)NC1=O. The Hall–Kier alpha value is -3.85. The zero-order valence-corrected chi connectivity index (χ0v) is 33.6. The van der Waals surface area contributed by atoms with Crippen molar-refractivity contribution in [2.45, 2.75) is 130 Å². The van der Waals surface area contributed by atoms with E-state index in [1.54, 1.807) is 39.8 Å². The second kappa shape index (κ2) is 19.5. The van der Waals surface area contributed by atoms with Gasteiger partial charge in [0.05, 0.1) is 17.5 Å². The molecule has 2 heterocycles. The molecule has 14 nitrogen and oxygen atoms in total. The standard InChI is InChI=1S/C38H61N7O7S/c1-18(2)15-25-33(48)42-29(20(5)6)36(51)44-30(21(7)8)37(52)45-31(22(9)10)38-41-27(17-53-38)34(49)43-28(19(3)4)35(50)40-26(32(47)39-25)16-23-11-13-24(46)14-12-23/h11-14,18-22,25-31,38,41,46H,15-17H2,1-10H3,(H,39,47)(H,40,50)(H,42,48)(H,43,49)(H,44,51)(H,45,52)/t25-,26+,27+,28-,29+,30-,31+,38?/m1/s1. The maximum absolute atomic E-state index is 14.1. The smallest absolute Gasteiger partial charge is 0.243 e. The lowest BCUT2D eigenvalue weighted by atomic mass is 9.97. The molecule has 2 aliphatic rings. The molecule has 2 fully saturated rings. The highest BCUT2D eigenvalue weighted by Crippen LogP contribution is 2.26. The van der Waals surface area contributed by atoms with E-state index in [1.807, 2.05) is 41.5 Å². The number of hydrogen-bond acceptors (Lipinski definition) is 9. The van der Waals surface area contributed by atoms with Gasteiger partial charge in [-0.05, 0) is 53.7 Å². The summed E-state index contributed by atoms with van der Waals surface area (Å²) in [7, 11) is 0. The number of thioether (sulfide) groups is 1. The zero-order chi connectivity index (χ0) is 39.7. The molecule has 8 N–H and O–H groups in total. The first-order valence-electron chi connectivity index (χ1n) is 18.8. The molecule has 8 atom stereocenters. The van der Waals surface area contributed by atoms with Gasteiger partial charge in [-0.2, -0.15) is 0 Å². The van der Waals surface area contributed by atoms with Gasteiger partial charge in [0, 0.05) is 12.2 Å². The molecule has 0 radical (unpaired) electrons. The van der Waals surface area contributed by atoms with Crippen molar-refractivity contribution in [3.63, 3.8) is 0 Å². The van der Waals surface area contributed by atoms with Crippen molar-refractivity contribution >= 4 is 47.2 Å². The van der Waals surface area contributed by atoms with E-state index < -0.39 is 71.8 Å². The molecule has 0 aromatic heterocycles. The maximum Gasteiger partial charge on any atom is 0.243 e. The molecular formula is C38H61N7O7S. The molecule has 6 amide bonds. The third-order valence-corrected chi connectivity index (χ3v) is 10.9. The number of fused-ring (bicyclic) bond motifs is 2. The van der Waals surface area contributed by atoms with Gasteiger partial charge in [-0.1, -0.05) is 81.4 Å². The van der Waals surface area contributed by atoms with Crippen LogP contribution in [-0.4, -0.2) is 94.0 Å². The van der Waals surface area contributed by atoms with Gasteiger partial charge < -0.3 is 37.0 Å². The number of phenolic OH excluding ortho intramolecular Hbond substituents is 1. The Morgan fingerprint density at radius 2 is 1.04 bits per heavy atom. The van der Waals surface area contributed by atoms with Gasteiger partial charge in [-0.15, -0.1) is 11.8 Å². The normalized spacial score (nSPS) is 28.7. The molecule has 1 aromatic rings. The molecule has 2 bridgehead atoms. The summed E-state index contributed by atoms with van der Waals surface area (Å²) in [5, 5.41) is 30.2. The molecule has 3 rings (SSSR count). The number of phenols is 1. The van der Waals surface area contributed by atoms with Crippen LogP contribution in [0.5, 0.6) is 5.75 Å². The molecule has 296 valence electrons. The Balaban J connectivity index is 2.08. The summed E-state index contributed by atoms with van der Waals surface area (Å²) < 4.78 is 0. The van der Waals surface area contributed by atoms with E-state index in [1.165, 1.54) is 23.9 Å². The molecule has 1 unspecified atom stereocenters. The number of nitrogens with one attached hydrogen (secondary N) is 7. The summed E-state index contributed by atoms with van der Waals surface area (Å²) in [5.41, 5.74) is 0.640. The monoisotopic (exact) mass is 759 g/mol. The fraction of sp³-hybridized carbons (Fsp3) is 0.684. The highest BCUT2D eigenvalue weighted by atomic mass is 32.2. The average molecular weight is 760 g/mol. The second-order valence-electron chi connectivity index (χ2n) is 16.1. The summed E-state index contributed by atoms with van der Waals surface area (Å²) in [6.45, 7) is 18.5. The summed E-state index contributed by atoms with van der Waals surface area (Å²) >= 11 is 1.49. The maximum atomic E-state index is 14.1. The van der Waals surface area contributed by atoms with Crippen LogP contribution in [0.3, 0.4) is 0 Å². The number of benzene rings is 1. The number of amides is 6. The molecule has 0 aliphatic carbocycles. The lowest BCUT2D eigenvalue weighted by Gasteiger charge is -2.32. The largest absolute Gasteiger partial charge is 0.508 e. The average Bonchev–Trinajstić information content (AvgIpc) is 3.56. The fourth-order valence-electron chi connectivity index (χ4n) is 6.37. The zero-order valence-electron chi connectivity index (χ0n) is 32.7. The van der Waals surface area contributed by atoms with Crippen LogP contribution in [0.2, 0.25) is 0 Å². The van der Waals surface area contributed by atoms with Gasteiger partial charge in [0.15, 0.2) is 0 Å². The Labute approximate surface area is 318 Å². The van der Waals surface area contributed by atoms with Crippen LogP contribution in [0.15, 0.2) is 24.3 Å². The van der Waals surface area contributed by atoms with Gasteiger partial charge >= 0.3 is 0 Å². The van der Waals surface area contributed by atoms with Crippen LogP contribution in [-0.2, 0) is 35.2 Å². The predicted octanol–water partition coefficient (Wildman–Crippen LogP) is 1.56. The third-order valence-electron chi connectivity index (χ3n) is 9.57. The molecule has 0 spiro atoms. The molecule has 2 aliphatic heterocycles. The molecular weight excluding hydrogens is 699 g/mol. The summed E-state index contributed by atoms with van der Waals surface area (Å²) in [5.74, 6) is -3.78. The first-order valence-corrected chi connectivity index (χ1v) is 19.8. The molecule has 0 saturated carbocycles. The second-order valence-corrected chi connectivity index (χ2v) is 17.2. The van der Waals surface area contributed by atoms with Crippen molar-refractivity contribution < 1.29 is 33.9 Å². The van der Waals surface area contributed by atoms with E-state index in [9.17, 15) is 33.9 Å². The van der Waals surface area contributed by atoms with Crippen LogP contribution < -0.4 is 37.2 Å². The van der Waals surface area contributed by atoms with E-state index in [-0.39, 0.29) is 59.5 Å². The highest BCUT2D eigenvalue weighted by Gasteiger charge is 2.40. The van der Waals surface area contributed by atoms with E-state index >= 15 is 0 Å². The van der Waals surface area contributed by atoms with E-state index in [4.69, 9.17) is 0 Å². The number of carbonyl (C=O) groups is 6. The van der Waals surface area contributed by atoms with Crippen molar-refractivity contribution in [2.75, 3.05) is 5.75 Å². The quantitative estimate of drug-likeness (QED) is 0.193. The molecule has 53 heavy (non-hydrogen) atoms. The Morgan fingerprint density at radius 1 is 0.585 bits per heavy atom. The number of hydrogen-bond donors (Lipinski definition) is 8. The van der Waals surface area contributed by atoms with Crippen molar-refractivity contribution in [1.82, 2.24) is 37.2 Å². The van der Waals surface area contributed by atoms with Crippen LogP contribution in [0.4, 0.5) is 0 Å². The fourth-order valence-corrected chi connectivity index (χ4v) is 7.87. The third kappa shape index (κ3) is 12.3. The number of rotatable bonds is 8. The first-order chi connectivity index (χ1) is 24.8. The minimum atomic E-state index is -1.16. The minimum Gasteiger partial charge on any atom is -0.508 e. The summed E-state index contributed by atoms with van der Waals surface area (Å²) in [6, 6.07) is -0.0227. The molecule has 1 aromatic carbocycles. The number of aromatic hydroxyl groups is 1. The van der Waals surface area contributed by atoms with Crippen LogP contribution in [0, 0.1) is 29.6 Å². The van der Waals surface area contributed by atoms with Crippen molar-refractivity contribution in [2.24, 2.45) is 29.6 Å². The predicted molar refractivity (Wildman–Crippen MR) is 205 cm³/mol. The van der Waals surface area contributed by atoms with Crippen LogP contribution in [0.25, 0.3) is 0 Å². The summed E-state index contributed by atoms with van der Waals surface area (Å²) in [4.78, 5) is 83.2. The van der Waals surface area contributed by atoms with Gasteiger partial charge in [-0.25, -0.2) is 0 Å². The Kier molecular flexibility index (Phi) is 16.0. The van der Waals surface area contributed by atoms with Crippen molar-refractivity contribution in [1.29, 1.82) is 0 Å². The lowest BCUT2D eigenvalue weighted by Crippen LogP contribution is -2.61. The van der Waals surface area contributed by atoms with Gasteiger partial charge in [0.25, 0.3) is 0 Å². The minimum absolute atomic E-state index is 0.0281. The first kappa shape index (κ1) is 43.6. The Bertz CT molecular complexity index is 1450. The molecule has 15 heteroatoms. The molecule has 2 saturated heterocycles. The van der Waals surface area contributed by atoms with Gasteiger partial charge in [0.2, 0.25) is 35.4 Å². The van der Waals surface area contributed by atoms with Crippen LogP contribution >= 0.6 is 11.8 Å². The van der Waals surface area contributed by atoms with E-state index in [2.05, 4.69) is 37.2 Å². The van der Waals surface area contributed by atoms with E-state index in [0.29, 0.717) is 11.3 Å². The number of carbonyl (C=O) groups excluding carboxylic acids is 6.